The zero-order chi connectivity index (χ0) is 24.6. The Kier molecular flexibility index (Phi) is 4.60. The van der Waals surface area contributed by atoms with Gasteiger partial charge in [-0.2, -0.15) is 13.2 Å². The van der Waals surface area contributed by atoms with E-state index in [0.717, 1.165) is 16.7 Å². The maximum Gasteiger partial charge on any atom is 0.407 e. The molecule has 0 spiro atoms. The van der Waals surface area contributed by atoms with Gasteiger partial charge in [-0.15, -0.1) is 0 Å². The Hall–Kier alpha value is -3.49. The van der Waals surface area contributed by atoms with Crippen molar-refractivity contribution in [2.24, 2.45) is 0 Å². The molecule has 2 bridgehead atoms. The number of alkyl halides is 3. The summed E-state index contributed by atoms with van der Waals surface area (Å²) in [6, 6.07) is 4.57. The van der Waals surface area contributed by atoms with Crippen LogP contribution in [0, 0.1) is 6.57 Å². The molecule has 2 atom stereocenters. The van der Waals surface area contributed by atoms with Crippen LogP contribution in [0.5, 0.6) is 11.8 Å². The largest absolute Gasteiger partial charge is 0.494 e. The quantitative estimate of drug-likeness (QED) is 0.392. The first-order valence-corrected chi connectivity index (χ1v) is 10.4. The number of hydrogen-bond donors (Lipinski definition) is 2. The van der Waals surface area contributed by atoms with E-state index in [4.69, 9.17) is 22.9 Å². The Morgan fingerprint density at radius 1 is 1.09 bits per heavy atom. The van der Waals surface area contributed by atoms with Crippen molar-refractivity contribution in [1.29, 1.82) is 0 Å². The van der Waals surface area contributed by atoms with Crippen molar-refractivity contribution in [3.8, 4) is 17.4 Å². The molecule has 1 saturated heterocycles. The lowest BCUT2D eigenvalue weighted by molar-refractivity contribution is -0.139. The number of fused-ring (bicyclic) bond motifs is 5. The van der Waals surface area contributed by atoms with E-state index in [9.17, 15) is 23.4 Å². The summed E-state index contributed by atoms with van der Waals surface area (Å²) in [5.74, 6) is -0.350. The van der Waals surface area contributed by atoms with Gasteiger partial charge in [0, 0.05) is 6.07 Å². The van der Waals surface area contributed by atoms with E-state index in [0.29, 0.717) is 5.82 Å². The molecule has 3 aromatic rings. The SMILES string of the molecule is [C-]#[N+]c1ccc(-n2c(O)c3c(c2O)[C@]2(C)CN(c4cc(Cl)ncn4)C[C@@]3(C)O2)cc1C(F)(F)F. The van der Waals surface area contributed by atoms with Crippen molar-refractivity contribution in [3.63, 3.8) is 0 Å². The van der Waals surface area contributed by atoms with E-state index in [1.165, 1.54) is 12.4 Å². The standard InChI is InChI=1S/C22H17ClF3N5O3/c1-20-8-30(15-7-14(23)28-10-29-15)9-21(2,34-20)17-16(20)18(32)31(19(17)33)11-4-5-13(27-3)12(6-11)22(24,25)26/h4-7,10,32-33H,8-9H2,1-2H3/t20-,21+. The Balaban J connectivity index is 1.65. The van der Waals surface area contributed by atoms with Crippen molar-refractivity contribution < 1.29 is 28.1 Å². The molecular weight excluding hydrogens is 475 g/mol. The Morgan fingerprint density at radius 2 is 1.71 bits per heavy atom. The number of anilines is 1. The molecule has 2 aliphatic heterocycles. The zero-order valence-electron chi connectivity index (χ0n) is 17.9. The lowest BCUT2D eigenvalue weighted by Crippen LogP contribution is -2.52. The van der Waals surface area contributed by atoms with E-state index in [1.54, 1.807) is 19.9 Å². The summed E-state index contributed by atoms with van der Waals surface area (Å²) < 4.78 is 47.7. The van der Waals surface area contributed by atoms with Gasteiger partial charge in [0.25, 0.3) is 0 Å². The minimum atomic E-state index is -4.78. The molecule has 1 aromatic carbocycles. The number of morpholine rings is 1. The monoisotopic (exact) mass is 491 g/mol. The first-order chi connectivity index (χ1) is 15.9. The number of rotatable bonds is 2. The fourth-order valence-electron chi connectivity index (χ4n) is 5.05. The summed E-state index contributed by atoms with van der Waals surface area (Å²) in [6.07, 6.45) is -3.46. The van der Waals surface area contributed by atoms with Crippen molar-refractivity contribution in [2.45, 2.75) is 31.2 Å². The molecule has 1 fully saturated rings. The smallest absolute Gasteiger partial charge is 0.407 e. The molecule has 5 rings (SSSR count). The molecule has 0 amide bonds. The number of hydrogen-bond acceptors (Lipinski definition) is 6. The average Bonchev–Trinajstić information content (AvgIpc) is 3.12. The van der Waals surface area contributed by atoms with Crippen LogP contribution >= 0.6 is 11.6 Å². The van der Waals surface area contributed by atoms with E-state index in [2.05, 4.69) is 14.8 Å². The van der Waals surface area contributed by atoms with Gasteiger partial charge in [0.2, 0.25) is 11.8 Å². The third-order valence-corrected chi connectivity index (χ3v) is 6.43. The van der Waals surface area contributed by atoms with Crippen LogP contribution in [-0.4, -0.2) is 37.8 Å². The maximum atomic E-state index is 13.5. The second kappa shape index (κ2) is 7.01. The highest BCUT2D eigenvalue weighted by Gasteiger charge is 2.59. The van der Waals surface area contributed by atoms with E-state index in [1.807, 2.05) is 4.90 Å². The maximum absolute atomic E-state index is 13.5. The highest BCUT2D eigenvalue weighted by Crippen LogP contribution is 2.59. The molecular formula is C22H17ClF3N5O3. The predicted octanol–water partition coefficient (Wildman–Crippen LogP) is 4.88. The summed E-state index contributed by atoms with van der Waals surface area (Å²) in [7, 11) is 0. The highest BCUT2D eigenvalue weighted by molar-refractivity contribution is 6.29. The first kappa shape index (κ1) is 22.3. The Morgan fingerprint density at radius 3 is 2.24 bits per heavy atom. The van der Waals surface area contributed by atoms with Crippen molar-refractivity contribution >= 4 is 23.1 Å². The molecule has 4 heterocycles. The topological polar surface area (TPSA) is 88.0 Å². The number of aromatic hydroxyl groups is 2. The third kappa shape index (κ3) is 3.09. The fourth-order valence-corrected chi connectivity index (χ4v) is 5.19. The lowest BCUT2D eigenvalue weighted by atomic mass is 9.94. The Bertz CT molecular complexity index is 1340. The van der Waals surface area contributed by atoms with Crippen LogP contribution in [0.4, 0.5) is 24.7 Å². The van der Waals surface area contributed by atoms with E-state index >= 15 is 0 Å². The number of aromatic nitrogens is 3. The molecule has 0 radical (unpaired) electrons. The summed E-state index contributed by atoms with van der Waals surface area (Å²) >= 11 is 6.00. The minimum Gasteiger partial charge on any atom is -0.494 e. The number of nitrogens with zero attached hydrogens (tertiary/aromatic N) is 5. The van der Waals surface area contributed by atoms with Gasteiger partial charge in [-0.1, -0.05) is 17.7 Å². The van der Waals surface area contributed by atoms with Gasteiger partial charge < -0.3 is 19.8 Å². The molecule has 2 aliphatic rings. The van der Waals surface area contributed by atoms with Crippen LogP contribution in [-0.2, 0) is 22.1 Å². The normalized spacial score (nSPS) is 23.6. The fraction of sp³-hybridized carbons (Fsp3) is 0.318. The molecule has 8 nitrogen and oxygen atoms in total. The molecule has 176 valence electrons. The predicted molar refractivity (Wildman–Crippen MR) is 115 cm³/mol. The zero-order valence-corrected chi connectivity index (χ0v) is 18.6. The number of halogens is 4. The van der Waals surface area contributed by atoms with Crippen LogP contribution in [0.15, 0.2) is 30.6 Å². The lowest BCUT2D eigenvalue weighted by Gasteiger charge is -2.44. The number of ether oxygens (including phenoxy) is 1. The van der Waals surface area contributed by atoms with Crippen molar-refractivity contribution in [3.05, 3.63) is 63.9 Å². The van der Waals surface area contributed by atoms with E-state index in [-0.39, 0.29) is 35.1 Å². The van der Waals surface area contributed by atoms with Gasteiger partial charge in [-0.05, 0) is 26.0 Å². The molecule has 0 aliphatic carbocycles. The first-order valence-electron chi connectivity index (χ1n) is 10.1. The van der Waals surface area contributed by atoms with Gasteiger partial charge in [-0.25, -0.2) is 14.8 Å². The van der Waals surface area contributed by atoms with Crippen LogP contribution in [0.3, 0.4) is 0 Å². The second-order valence-corrected chi connectivity index (χ2v) is 9.05. The average molecular weight is 492 g/mol. The molecule has 12 heteroatoms. The van der Waals surface area contributed by atoms with Crippen LogP contribution in [0.25, 0.3) is 10.5 Å². The van der Waals surface area contributed by atoms with Crippen LogP contribution < -0.4 is 4.90 Å². The summed E-state index contributed by atoms with van der Waals surface area (Å²) in [5, 5.41) is 22.5. The molecule has 0 unspecified atom stereocenters. The third-order valence-electron chi connectivity index (χ3n) is 6.22. The summed E-state index contributed by atoms with van der Waals surface area (Å²) in [4.78, 5) is 12.9. The summed E-state index contributed by atoms with van der Waals surface area (Å²) in [6.45, 7) is 10.9. The summed E-state index contributed by atoms with van der Waals surface area (Å²) in [5.41, 5.74) is -3.54. The van der Waals surface area contributed by atoms with E-state index < -0.39 is 40.4 Å². The second-order valence-electron chi connectivity index (χ2n) is 8.66. The Labute approximate surface area is 196 Å². The molecule has 2 aromatic heterocycles. The van der Waals surface area contributed by atoms with Crippen molar-refractivity contribution in [1.82, 2.24) is 14.5 Å². The van der Waals surface area contributed by atoms with Crippen LogP contribution in [0.1, 0.15) is 30.5 Å². The van der Waals surface area contributed by atoms with Gasteiger partial charge in [-0.3, -0.25) is 4.57 Å². The van der Waals surface area contributed by atoms with Gasteiger partial charge >= 0.3 is 6.18 Å². The molecule has 2 N–H and O–H groups in total. The molecule has 0 saturated carbocycles. The van der Waals surface area contributed by atoms with Gasteiger partial charge in [0.1, 0.15) is 28.5 Å². The minimum absolute atomic E-state index is 0.131. The van der Waals surface area contributed by atoms with Gasteiger partial charge in [0.05, 0.1) is 42.0 Å². The van der Waals surface area contributed by atoms with Crippen LogP contribution in [0.2, 0.25) is 5.15 Å². The molecule has 34 heavy (non-hydrogen) atoms. The van der Waals surface area contributed by atoms with Crippen molar-refractivity contribution in [2.75, 3.05) is 18.0 Å². The number of benzene rings is 1. The highest BCUT2D eigenvalue weighted by atomic mass is 35.5. The van der Waals surface area contributed by atoms with Gasteiger partial charge in [0.15, 0.2) is 5.69 Å².